The largest absolute Gasteiger partial charge is 0.507 e. The van der Waals surface area contributed by atoms with Crippen molar-refractivity contribution in [3.8, 4) is 5.75 Å². The normalized spacial score (nSPS) is 10.1. The van der Waals surface area contributed by atoms with Gasteiger partial charge >= 0.3 is 0 Å². The van der Waals surface area contributed by atoms with Crippen molar-refractivity contribution >= 4 is 27.8 Å². The highest BCUT2D eigenvalue weighted by Gasteiger charge is 2.02. The van der Waals surface area contributed by atoms with E-state index in [1.165, 1.54) is 17.0 Å². The Balaban J connectivity index is 0.000000140. The second kappa shape index (κ2) is 6.75. The molecule has 2 heteroatoms. The van der Waals surface area contributed by atoms with Crippen molar-refractivity contribution in [2.45, 2.75) is 0 Å². The van der Waals surface area contributed by atoms with Crippen molar-refractivity contribution in [3.63, 3.8) is 0 Å². The fourth-order valence-electron chi connectivity index (χ4n) is 2.57. The lowest BCUT2D eigenvalue weighted by Crippen LogP contribution is -1.83. The van der Waals surface area contributed by atoms with Crippen molar-refractivity contribution in [1.82, 2.24) is 0 Å². The summed E-state index contributed by atoms with van der Waals surface area (Å²) < 4.78 is 0. The Bertz CT molecular complexity index is 894. The van der Waals surface area contributed by atoms with E-state index in [-0.39, 0.29) is 5.75 Å². The molecule has 4 rings (SSSR count). The van der Waals surface area contributed by atoms with Gasteiger partial charge in [0.15, 0.2) is 0 Å². The summed E-state index contributed by atoms with van der Waals surface area (Å²) in [7, 11) is 0. The summed E-state index contributed by atoms with van der Waals surface area (Å²) in [5.41, 5.74) is 0.582. The van der Waals surface area contributed by atoms with Crippen molar-refractivity contribution < 1.29 is 5.11 Å². The van der Waals surface area contributed by atoms with E-state index in [1.807, 2.05) is 30.3 Å². The first-order valence-corrected chi connectivity index (χ1v) is 7.44. The second-order valence-corrected chi connectivity index (χ2v) is 5.21. The molecule has 4 aromatic carbocycles. The second-order valence-electron chi connectivity index (χ2n) is 5.21. The van der Waals surface area contributed by atoms with E-state index in [4.69, 9.17) is 5.41 Å². The molecule has 0 radical (unpaired) electrons. The summed E-state index contributed by atoms with van der Waals surface area (Å²) in [6, 6.07) is 27.9. The molecule has 112 valence electrons. The van der Waals surface area contributed by atoms with E-state index >= 15 is 0 Å². The summed E-state index contributed by atoms with van der Waals surface area (Å²) in [5.74, 6) is 0.161. The molecule has 2 nitrogen and oxygen atoms in total. The molecule has 0 aliphatic rings. The monoisotopic (exact) mass is 299 g/mol. The minimum atomic E-state index is 0.161. The van der Waals surface area contributed by atoms with Gasteiger partial charge in [0.05, 0.1) is 0 Å². The van der Waals surface area contributed by atoms with Gasteiger partial charge in [-0.2, -0.15) is 0 Å². The predicted octanol–water partition coefficient (Wildman–Crippen LogP) is 5.38. The molecule has 0 atom stereocenters. The number of aromatic hydroxyl groups is 1. The van der Waals surface area contributed by atoms with Gasteiger partial charge in [0.2, 0.25) is 0 Å². The smallest absolute Gasteiger partial charge is 0.124 e. The Hall–Kier alpha value is -3.13. The predicted molar refractivity (Wildman–Crippen MR) is 97.4 cm³/mol. The van der Waals surface area contributed by atoms with Crippen LogP contribution >= 0.6 is 0 Å². The van der Waals surface area contributed by atoms with Crippen molar-refractivity contribution in [3.05, 3.63) is 90.5 Å². The molecule has 2 N–H and O–H groups in total. The zero-order chi connectivity index (χ0) is 16.1. The number of hydrogen-bond donors (Lipinski definition) is 2. The van der Waals surface area contributed by atoms with Crippen LogP contribution in [0.4, 0.5) is 0 Å². The van der Waals surface area contributed by atoms with E-state index in [2.05, 4.69) is 48.5 Å². The average molecular weight is 299 g/mol. The SMILES string of the molecule is N=Cc1c(O)ccc2ccccc12.c1ccc2ccccc2c1. The summed E-state index contributed by atoms with van der Waals surface area (Å²) in [6.45, 7) is 0. The lowest BCUT2D eigenvalue weighted by molar-refractivity contribution is 0.475. The molecular weight excluding hydrogens is 282 g/mol. The van der Waals surface area contributed by atoms with Crippen molar-refractivity contribution in [2.24, 2.45) is 0 Å². The van der Waals surface area contributed by atoms with Crippen LogP contribution in [0.2, 0.25) is 0 Å². The van der Waals surface area contributed by atoms with Gasteiger partial charge in [0.25, 0.3) is 0 Å². The Labute approximate surface area is 135 Å². The summed E-state index contributed by atoms with van der Waals surface area (Å²) in [4.78, 5) is 0. The molecule has 0 aliphatic carbocycles. The number of hydrogen-bond acceptors (Lipinski definition) is 2. The van der Waals surface area contributed by atoms with Crippen molar-refractivity contribution in [1.29, 1.82) is 5.41 Å². The third kappa shape index (κ3) is 3.22. The number of rotatable bonds is 1. The van der Waals surface area contributed by atoms with Gasteiger partial charge in [0.1, 0.15) is 5.75 Å². The molecule has 0 saturated heterocycles. The van der Waals surface area contributed by atoms with Gasteiger partial charge in [-0.3, -0.25) is 0 Å². The summed E-state index contributed by atoms with van der Waals surface area (Å²) >= 11 is 0. The third-order valence-electron chi connectivity index (χ3n) is 3.75. The lowest BCUT2D eigenvalue weighted by atomic mass is 10.0. The molecule has 23 heavy (non-hydrogen) atoms. The Morgan fingerprint density at radius 3 is 1.61 bits per heavy atom. The first kappa shape index (κ1) is 14.8. The van der Waals surface area contributed by atoms with Crippen LogP contribution in [0.1, 0.15) is 5.56 Å². The molecule has 0 aromatic heterocycles. The minimum Gasteiger partial charge on any atom is -0.507 e. The van der Waals surface area contributed by atoms with Crippen LogP contribution in [0, 0.1) is 5.41 Å². The van der Waals surface area contributed by atoms with Crippen LogP contribution < -0.4 is 0 Å². The maximum atomic E-state index is 9.46. The quantitative estimate of drug-likeness (QED) is 0.455. The number of phenols is 1. The van der Waals surface area contributed by atoms with E-state index < -0.39 is 0 Å². The molecule has 0 unspecified atom stereocenters. The highest BCUT2D eigenvalue weighted by molar-refractivity contribution is 6.01. The molecule has 0 amide bonds. The molecule has 4 aromatic rings. The molecule has 0 aliphatic heterocycles. The molecule has 0 fully saturated rings. The molecule has 0 spiro atoms. The van der Waals surface area contributed by atoms with Crippen LogP contribution in [0.25, 0.3) is 21.5 Å². The van der Waals surface area contributed by atoms with Crippen LogP contribution in [0.15, 0.2) is 84.9 Å². The maximum Gasteiger partial charge on any atom is 0.124 e. The maximum absolute atomic E-state index is 9.46. The highest BCUT2D eigenvalue weighted by Crippen LogP contribution is 2.24. The number of benzene rings is 4. The Kier molecular flexibility index (Phi) is 4.34. The zero-order valence-corrected chi connectivity index (χ0v) is 12.6. The first-order valence-electron chi connectivity index (χ1n) is 7.44. The van der Waals surface area contributed by atoms with E-state index in [0.717, 1.165) is 10.8 Å². The van der Waals surface area contributed by atoms with Crippen LogP contribution in [0.5, 0.6) is 5.75 Å². The number of fused-ring (bicyclic) bond motifs is 2. The third-order valence-corrected chi connectivity index (χ3v) is 3.75. The molecule has 0 bridgehead atoms. The van der Waals surface area contributed by atoms with Gasteiger partial charge in [-0.15, -0.1) is 0 Å². The first-order chi connectivity index (χ1) is 11.3. The Morgan fingerprint density at radius 2 is 1.09 bits per heavy atom. The van der Waals surface area contributed by atoms with Crippen LogP contribution in [-0.2, 0) is 0 Å². The van der Waals surface area contributed by atoms with Crippen LogP contribution in [-0.4, -0.2) is 11.3 Å². The van der Waals surface area contributed by atoms with Gasteiger partial charge in [-0.25, -0.2) is 0 Å². The number of nitrogens with one attached hydrogen (secondary N) is 1. The van der Waals surface area contributed by atoms with Crippen molar-refractivity contribution in [2.75, 3.05) is 0 Å². The average Bonchev–Trinajstić information content (AvgIpc) is 2.62. The molecular formula is C21H17NO. The molecule has 0 heterocycles. The van der Waals surface area contributed by atoms with Gasteiger partial charge in [-0.05, 0) is 27.6 Å². The van der Waals surface area contributed by atoms with Gasteiger partial charge < -0.3 is 10.5 Å². The van der Waals surface area contributed by atoms with E-state index in [1.54, 1.807) is 6.07 Å². The minimum absolute atomic E-state index is 0.161. The lowest BCUT2D eigenvalue weighted by Gasteiger charge is -2.03. The fraction of sp³-hybridized carbons (Fsp3) is 0. The van der Waals surface area contributed by atoms with E-state index in [0.29, 0.717) is 5.56 Å². The van der Waals surface area contributed by atoms with Crippen LogP contribution in [0.3, 0.4) is 0 Å². The van der Waals surface area contributed by atoms with E-state index in [9.17, 15) is 5.11 Å². The van der Waals surface area contributed by atoms with Gasteiger partial charge in [0, 0.05) is 11.8 Å². The topological polar surface area (TPSA) is 44.1 Å². The fourth-order valence-corrected chi connectivity index (χ4v) is 2.57. The summed E-state index contributed by atoms with van der Waals surface area (Å²) in [5, 5.41) is 21.2. The number of phenolic OH excluding ortho intramolecular Hbond substituents is 1. The zero-order valence-electron chi connectivity index (χ0n) is 12.6. The standard InChI is InChI=1S/C11H9NO.C10H8/c12-7-10-9-4-2-1-3-8(9)5-6-11(10)13;1-2-6-10-8-4-3-7-9(10)5-1/h1-7,12-13H;1-8H. The Morgan fingerprint density at radius 1 is 0.609 bits per heavy atom. The molecule has 0 saturated carbocycles. The summed E-state index contributed by atoms with van der Waals surface area (Å²) in [6.07, 6.45) is 1.18. The highest BCUT2D eigenvalue weighted by atomic mass is 16.3. The van der Waals surface area contributed by atoms with Gasteiger partial charge in [-0.1, -0.05) is 78.9 Å².